The molecule has 0 bridgehead atoms. The van der Waals surface area contributed by atoms with Crippen LogP contribution < -0.4 is 10.6 Å². The summed E-state index contributed by atoms with van der Waals surface area (Å²) in [6.07, 6.45) is 5.71. The number of hydrogen-bond donors (Lipinski definition) is 2. The van der Waals surface area contributed by atoms with E-state index in [-0.39, 0.29) is 0 Å². The highest BCUT2D eigenvalue weighted by Crippen LogP contribution is 2.29. The lowest BCUT2D eigenvalue weighted by atomic mass is 9.90. The molecule has 13 heavy (non-hydrogen) atoms. The average Bonchev–Trinajstić information content (AvgIpc) is 2.49. The van der Waals surface area contributed by atoms with Gasteiger partial charge in [-0.15, -0.1) is 0 Å². The first kappa shape index (κ1) is 8.82. The predicted octanol–water partition coefficient (Wildman–Crippen LogP) is 1.42. The van der Waals surface area contributed by atoms with Crippen LogP contribution in [0.1, 0.15) is 20.3 Å². The molecule has 0 amide bonds. The van der Waals surface area contributed by atoms with Crippen molar-refractivity contribution in [1.29, 1.82) is 0 Å². The van der Waals surface area contributed by atoms with Gasteiger partial charge in [0, 0.05) is 24.7 Å². The Morgan fingerprint density at radius 2 is 2.23 bits per heavy atom. The molecule has 2 heteroatoms. The zero-order valence-corrected chi connectivity index (χ0v) is 8.43. The van der Waals surface area contributed by atoms with Crippen LogP contribution in [0.15, 0.2) is 23.4 Å². The average molecular weight is 178 g/mol. The van der Waals surface area contributed by atoms with E-state index in [1.807, 2.05) is 0 Å². The molecule has 0 aromatic rings. The first-order valence-electron chi connectivity index (χ1n) is 5.15. The Bertz CT molecular complexity index is 253. The summed E-state index contributed by atoms with van der Waals surface area (Å²) >= 11 is 0. The molecule has 72 valence electrons. The molecule has 0 spiro atoms. The lowest BCUT2D eigenvalue weighted by Gasteiger charge is -2.19. The van der Waals surface area contributed by atoms with Crippen LogP contribution in [0.25, 0.3) is 0 Å². The third-order valence-electron chi connectivity index (χ3n) is 3.18. The van der Waals surface area contributed by atoms with Gasteiger partial charge in [0.2, 0.25) is 0 Å². The van der Waals surface area contributed by atoms with E-state index in [9.17, 15) is 0 Å². The lowest BCUT2D eigenvalue weighted by Crippen LogP contribution is -2.24. The molecule has 2 atom stereocenters. The van der Waals surface area contributed by atoms with Gasteiger partial charge >= 0.3 is 0 Å². The second-order valence-corrected chi connectivity index (χ2v) is 4.03. The van der Waals surface area contributed by atoms with E-state index < -0.39 is 0 Å². The van der Waals surface area contributed by atoms with Gasteiger partial charge in [-0.1, -0.05) is 13.0 Å². The fraction of sp³-hybridized carbons (Fsp3) is 0.636. The molecule has 2 nitrogen and oxygen atoms in total. The minimum Gasteiger partial charge on any atom is -0.388 e. The van der Waals surface area contributed by atoms with E-state index in [1.54, 1.807) is 5.57 Å². The molecule has 0 aliphatic carbocycles. The summed E-state index contributed by atoms with van der Waals surface area (Å²) in [4.78, 5) is 0. The Balaban J connectivity index is 2.12. The molecule has 2 unspecified atom stereocenters. The summed E-state index contributed by atoms with van der Waals surface area (Å²) < 4.78 is 0. The highest BCUT2D eigenvalue weighted by Gasteiger charge is 2.24. The maximum atomic E-state index is 3.39. The maximum absolute atomic E-state index is 3.39. The fourth-order valence-corrected chi connectivity index (χ4v) is 2.04. The van der Waals surface area contributed by atoms with Crippen LogP contribution in [0, 0.1) is 5.92 Å². The van der Waals surface area contributed by atoms with Crippen LogP contribution in [0.3, 0.4) is 0 Å². The van der Waals surface area contributed by atoms with Crippen LogP contribution in [0.2, 0.25) is 0 Å². The minimum absolute atomic E-state index is 0.603. The van der Waals surface area contributed by atoms with Crippen molar-refractivity contribution < 1.29 is 0 Å². The number of nitrogens with one attached hydrogen (secondary N) is 2. The van der Waals surface area contributed by atoms with Gasteiger partial charge in [-0.25, -0.2) is 0 Å². The van der Waals surface area contributed by atoms with Crippen LogP contribution in [-0.4, -0.2) is 19.1 Å². The zero-order chi connectivity index (χ0) is 9.26. The fourth-order valence-electron chi connectivity index (χ4n) is 2.04. The van der Waals surface area contributed by atoms with Crippen LogP contribution in [-0.2, 0) is 0 Å². The van der Waals surface area contributed by atoms with Crippen LogP contribution in [0.4, 0.5) is 0 Å². The quantitative estimate of drug-likeness (QED) is 0.634. The molecule has 0 saturated heterocycles. The van der Waals surface area contributed by atoms with Crippen molar-refractivity contribution in [2.24, 2.45) is 5.92 Å². The van der Waals surface area contributed by atoms with Crippen LogP contribution >= 0.6 is 0 Å². The van der Waals surface area contributed by atoms with E-state index in [0.29, 0.717) is 12.0 Å². The first-order valence-corrected chi connectivity index (χ1v) is 5.15. The van der Waals surface area contributed by atoms with E-state index >= 15 is 0 Å². The summed E-state index contributed by atoms with van der Waals surface area (Å²) in [5.74, 6) is 0.671. The van der Waals surface area contributed by atoms with Gasteiger partial charge < -0.3 is 10.6 Å². The number of hydrogen-bond acceptors (Lipinski definition) is 2. The molecule has 0 radical (unpaired) electrons. The van der Waals surface area contributed by atoms with Crippen molar-refractivity contribution in [3.63, 3.8) is 0 Å². The first-order chi connectivity index (χ1) is 6.29. The van der Waals surface area contributed by atoms with E-state index in [0.717, 1.165) is 13.1 Å². The molecular weight excluding hydrogens is 160 g/mol. The van der Waals surface area contributed by atoms with Gasteiger partial charge in [0.15, 0.2) is 0 Å². The van der Waals surface area contributed by atoms with Gasteiger partial charge in [0.05, 0.1) is 0 Å². The summed E-state index contributed by atoms with van der Waals surface area (Å²) in [6.45, 7) is 6.72. The molecule has 2 N–H and O–H groups in total. The Hall–Kier alpha value is -0.760. The normalized spacial score (nSPS) is 33.7. The van der Waals surface area contributed by atoms with E-state index in [1.165, 1.54) is 12.0 Å². The summed E-state index contributed by atoms with van der Waals surface area (Å²) in [6, 6.07) is 0.603. The molecule has 0 aromatic carbocycles. The number of rotatable bonds is 1. The lowest BCUT2D eigenvalue weighted by molar-refractivity contribution is 0.538. The Morgan fingerprint density at radius 3 is 2.77 bits per heavy atom. The van der Waals surface area contributed by atoms with E-state index in [4.69, 9.17) is 0 Å². The van der Waals surface area contributed by atoms with Gasteiger partial charge in [0.1, 0.15) is 0 Å². The Morgan fingerprint density at radius 1 is 1.38 bits per heavy atom. The summed E-state index contributed by atoms with van der Waals surface area (Å²) in [7, 11) is 0. The second kappa shape index (κ2) is 3.54. The molecule has 0 aromatic heterocycles. The van der Waals surface area contributed by atoms with Crippen molar-refractivity contribution in [2.45, 2.75) is 26.3 Å². The Kier molecular flexibility index (Phi) is 2.40. The molecule has 2 heterocycles. The van der Waals surface area contributed by atoms with E-state index in [2.05, 4.69) is 36.8 Å². The van der Waals surface area contributed by atoms with Gasteiger partial charge in [-0.05, 0) is 31.0 Å². The third kappa shape index (κ3) is 1.63. The summed E-state index contributed by atoms with van der Waals surface area (Å²) in [5.41, 5.74) is 3.07. The molecule has 0 fully saturated rings. The van der Waals surface area contributed by atoms with Crippen molar-refractivity contribution in [3.8, 4) is 0 Å². The molecular formula is C11H18N2. The van der Waals surface area contributed by atoms with Crippen molar-refractivity contribution in [1.82, 2.24) is 10.6 Å². The van der Waals surface area contributed by atoms with Crippen molar-refractivity contribution in [3.05, 3.63) is 23.4 Å². The molecule has 2 aliphatic heterocycles. The monoisotopic (exact) mass is 178 g/mol. The highest BCUT2D eigenvalue weighted by molar-refractivity contribution is 5.37. The predicted molar refractivity (Wildman–Crippen MR) is 55.4 cm³/mol. The topological polar surface area (TPSA) is 24.1 Å². The molecule has 0 saturated carbocycles. The standard InChI is InChI=1S/C11H18N2/c1-8-9(2)13-7-11(8)10-3-5-12-6-4-10/h3,7-9,12-13H,4-6H2,1-2H3. The van der Waals surface area contributed by atoms with Gasteiger partial charge in [-0.3, -0.25) is 0 Å². The van der Waals surface area contributed by atoms with Gasteiger partial charge in [0.25, 0.3) is 0 Å². The van der Waals surface area contributed by atoms with Crippen molar-refractivity contribution in [2.75, 3.05) is 13.1 Å². The largest absolute Gasteiger partial charge is 0.388 e. The highest BCUT2D eigenvalue weighted by atomic mass is 14.9. The van der Waals surface area contributed by atoms with Gasteiger partial charge in [-0.2, -0.15) is 0 Å². The maximum Gasteiger partial charge on any atom is 0.0294 e. The zero-order valence-electron chi connectivity index (χ0n) is 8.43. The SMILES string of the molecule is CC1NC=C(C2=CCNCC2)C1C. The van der Waals surface area contributed by atoms with Crippen molar-refractivity contribution >= 4 is 0 Å². The third-order valence-corrected chi connectivity index (χ3v) is 3.18. The smallest absolute Gasteiger partial charge is 0.0294 e. The molecule has 2 aliphatic rings. The Labute approximate surface area is 80.1 Å². The summed E-state index contributed by atoms with van der Waals surface area (Å²) in [5, 5.41) is 6.73. The van der Waals surface area contributed by atoms with Crippen LogP contribution in [0.5, 0.6) is 0 Å². The second-order valence-electron chi connectivity index (χ2n) is 4.03. The molecule has 2 rings (SSSR count). The minimum atomic E-state index is 0.603.